The van der Waals surface area contributed by atoms with Crippen molar-refractivity contribution < 1.29 is 9.59 Å². The van der Waals surface area contributed by atoms with Gasteiger partial charge in [-0.05, 0) is 36.8 Å². The number of rotatable bonds is 5. The van der Waals surface area contributed by atoms with Crippen LogP contribution in [-0.4, -0.2) is 27.6 Å². The molecule has 3 heterocycles. The highest BCUT2D eigenvalue weighted by Gasteiger charge is 2.42. The molecular weight excluding hydrogens is 440 g/mol. The van der Waals surface area contributed by atoms with Gasteiger partial charge in [-0.2, -0.15) is 5.26 Å². The second-order valence-corrected chi connectivity index (χ2v) is 10.0. The number of nitrogens with zero attached hydrogens (tertiary/aromatic N) is 4. The molecule has 1 unspecified atom stereocenters. The number of thioether (sulfide) groups is 1. The number of hydrogen-bond acceptors (Lipinski definition) is 10. The van der Waals surface area contributed by atoms with Crippen LogP contribution in [0.15, 0.2) is 38.5 Å². The third kappa shape index (κ3) is 3.51. The first-order valence-corrected chi connectivity index (χ1v) is 11.8. The number of primary amides is 1. The zero-order chi connectivity index (χ0) is 21.4. The summed E-state index contributed by atoms with van der Waals surface area (Å²) < 4.78 is 0.565. The molecule has 0 saturated carbocycles. The fourth-order valence-electron chi connectivity index (χ4n) is 3.73. The minimum absolute atomic E-state index is 0.0344. The highest BCUT2D eigenvalue weighted by atomic mass is 32.2. The molecular formula is C19H18N6O2S3. The number of carbonyl (C=O) groups excluding carboxylic acids is 2. The normalized spacial score (nSPS) is 19.1. The quantitative estimate of drug-likeness (QED) is 0.652. The van der Waals surface area contributed by atoms with Crippen LogP contribution in [0.25, 0.3) is 0 Å². The Bertz CT molecular complexity index is 1140. The Morgan fingerprint density at radius 1 is 1.43 bits per heavy atom. The number of aryl methyl sites for hydroxylation is 1. The van der Waals surface area contributed by atoms with Crippen molar-refractivity contribution >= 4 is 51.3 Å². The number of aromatic nitrogens is 2. The summed E-state index contributed by atoms with van der Waals surface area (Å²) in [5.41, 5.74) is 14.5. The van der Waals surface area contributed by atoms with E-state index in [2.05, 4.69) is 16.3 Å². The Morgan fingerprint density at radius 3 is 2.90 bits per heavy atom. The number of Topliss-reactive ketones (excluding diaryl/α,β-unsaturated/α-hetero) is 1. The molecule has 0 fully saturated rings. The topological polar surface area (TPSA) is 139 Å². The van der Waals surface area contributed by atoms with E-state index in [1.54, 1.807) is 4.90 Å². The monoisotopic (exact) mass is 458 g/mol. The molecule has 0 bridgehead atoms. The second kappa shape index (κ2) is 8.22. The van der Waals surface area contributed by atoms with Crippen LogP contribution in [0.5, 0.6) is 0 Å². The van der Waals surface area contributed by atoms with E-state index in [9.17, 15) is 14.9 Å². The molecule has 4 rings (SSSR count). The summed E-state index contributed by atoms with van der Waals surface area (Å²) in [5.74, 6) is -0.502. The average molecular weight is 459 g/mol. The van der Waals surface area contributed by atoms with Gasteiger partial charge in [0.2, 0.25) is 11.0 Å². The molecule has 1 aliphatic carbocycles. The van der Waals surface area contributed by atoms with E-state index in [1.165, 1.54) is 34.4 Å². The van der Waals surface area contributed by atoms with Crippen LogP contribution in [-0.2, 0) is 9.59 Å². The van der Waals surface area contributed by atoms with Crippen molar-refractivity contribution in [3.63, 3.8) is 0 Å². The maximum Gasteiger partial charge on any atom is 0.227 e. The highest BCUT2D eigenvalue weighted by molar-refractivity contribution is 8.01. The lowest BCUT2D eigenvalue weighted by atomic mass is 9.78. The number of nitrogens with two attached hydrogens (primary N) is 2. The summed E-state index contributed by atoms with van der Waals surface area (Å²) in [7, 11) is 0. The number of carbonyl (C=O) groups is 2. The van der Waals surface area contributed by atoms with Crippen LogP contribution < -0.4 is 16.4 Å². The van der Waals surface area contributed by atoms with Crippen LogP contribution in [0.2, 0.25) is 0 Å². The first-order chi connectivity index (χ1) is 14.4. The lowest BCUT2D eigenvalue weighted by Crippen LogP contribution is -2.38. The minimum Gasteiger partial charge on any atom is -0.384 e. The third-order valence-corrected chi connectivity index (χ3v) is 8.15. The van der Waals surface area contributed by atoms with Gasteiger partial charge in [0.05, 0.1) is 23.3 Å². The number of hydrogen-bond donors (Lipinski definition) is 2. The van der Waals surface area contributed by atoms with Gasteiger partial charge in [0, 0.05) is 22.6 Å². The number of allylic oxidation sites excluding steroid dienone is 3. The van der Waals surface area contributed by atoms with Crippen molar-refractivity contribution in [2.45, 2.75) is 36.4 Å². The fourth-order valence-corrected chi connectivity index (χ4v) is 6.40. The van der Waals surface area contributed by atoms with Gasteiger partial charge in [-0.3, -0.25) is 14.5 Å². The van der Waals surface area contributed by atoms with Crippen LogP contribution in [0.1, 0.15) is 35.6 Å². The van der Waals surface area contributed by atoms with E-state index < -0.39 is 11.8 Å². The predicted molar refractivity (Wildman–Crippen MR) is 117 cm³/mol. The molecule has 2 aromatic rings. The maximum absolute atomic E-state index is 13.0. The number of anilines is 1. The number of nitriles is 1. The molecule has 0 saturated heterocycles. The summed E-state index contributed by atoms with van der Waals surface area (Å²) in [6.45, 7) is 1.98. The highest BCUT2D eigenvalue weighted by Crippen LogP contribution is 2.48. The molecule has 30 heavy (non-hydrogen) atoms. The van der Waals surface area contributed by atoms with Crippen molar-refractivity contribution in [3.8, 4) is 6.07 Å². The van der Waals surface area contributed by atoms with Crippen LogP contribution in [0, 0.1) is 18.3 Å². The van der Waals surface area contributed by atoms with Crippen LogP contribution >= 0.6 is 34.4 Å². The van der Waals surface area contributed by atoms with Crippen LogP contribution in [0.4, 0.5) is 5.13 Å². The van der Waals surface area contributed by atoms with Gasteiger partial charge in [-0.25, -0.2) is 0 Å². The van der Waals surface area contributed by atoms with E-state index in [-0.39, 0.29) is 17.4 Å². The smallest absolute Gasteiger partial charge is 0.227 e. The largest absolute Gasteiger partial charge is 0.384 e. The van der Waals surface area contributed by atoms with Gasteiger partial charge in [0.1, 0.15) is 5.82 Å². The molecule has 1 amide bonds. The van der Waals surface area contributed by atoms with Gasteiger partial charge in [0.25, 0.3) is 0 Å². The molecule has 8 nitrogen and oxygen atoms in total. The van der Waals surface area contributed by atoms with E-state index >= 15 is 0 Å². The van der Waals surface area contributed by atoms with Crippen LogP contribution in [0.3, 0.4) is 0 Å². The lowest BCUT2D eigenvalue weighted by molar-refractivity contribution is -0.116. The van der Waals surface area contributed by atoms with Gasteiger partial charge < -0.3 is 11.5 Å². The fraction of sp³-hybridized carbons (Fsp3) is 0.316. The molecule has 4 N–H and O–H groups in total. The molecule has 0 aromatic carbocycles. The van der Waals surface area contributed by atoms with Crippen molar-refractivity contribution in [3.05, 3.63) is 44.6 Å². The Morgan fingerprint density at radius 2 is 2.23 bits per heavy atom. The molecule has 1 aliphatic heterocycles. The second-order valence-electron chi connectivity index (χ2n) is 6.89. The first kappa shape index (κ1) is 20.6. The summed E-state index contributed by atoms with van der Waals surface area (Å²) >= 11 is 3.97. The summed E-state index contributed by atoms with van der Waals surface area (Å²) in [6.07, 6.45) is 1.81. The Balaban J connectivity index is 1.84. The summed E-state index contributed by atoms with van der Waals surface area (Å²) in [4.78, 5) is 26.7. The number of ketones is 1. The first-order valence-electron chi connectivity index (χ1n) is 9.17. The van der Waals surface area contributed by atoms with E-state index in [1.807, 2.05) is 18.4 Å². The SMILES string of the molecule is Cc1ccsc1C1C(C#N)=C(N)N(c2nnc(SCC(N)=O)s2)C2=C1C(=O)CCC2. The van der Waals surface area contributed by atoms with Crippen molar-refractivity contribution in [1.82, 2.24) is 10.2 Å². The lowest BCUT2D eigenvalue weighted by Gasteiger charge is -2.37. The molecule has 0 radical (unpaired) electrons. The molecule has 2 aliphatic rings. The Hall–Kier alpha value is -2.68. The molecule has 154 valence electrons. The van der Waals surface area contributed by atoms with E-state index in [0.29, 0.717) is 39.9 Å². The maximum atomic E-state index is 13.0. The molecule has 2 aromatic heterocycles. The van der Waals surface area contributed by atoms with Gasteiger partial charge >= 0.3 is 0 Å². The zero-order valence-corrected chi connectivity index (χ0v) is 18.5. The van der Waals surface area contributed by atoms with E-state index in [4.69, 9.17) is 11.5 Å². The molecule has 1 atom stereocenters. The van der Waals surface area contributed by atoms with E-state index in [0.717, 1.165) is 16.1 Å². The van der Waals surface area contributed by atoms with Gasteiger partial charge in [0.15, 0.2) is 10.1 Å². The van der Waals surface area contributed by atoms with Crippen molar-refractivity contribution in [2.75, 3.05) is 10.7 Å². The van der Waals surface area contributed by atoms with Crippen molar-refractivity contribution in [2.24, 2.45) is 11.5 Å². The predicted octanol–water partition coefficient (Wildman–Crippen LogP) is 2.79. The Kier molecular flexibility index (Phi) is 5.64. The number of amides is 1. The third-order valence-electron chi connectivity index (χ3n) is 5.00. The average Bonchev–Trinajstić information content (AvgIpc) is 3.34. The van der Waals surface area contributed by atoms with Crippen molar-refractivity contribution in [1.29, 1.82) is 5.26 Å². The van der Waals surface area contributed by atoms with Gasteiger partial charge in [-0.15, -0.1) is 21.5 Å². The molecule has 0 spiro atoms. The zero-order valence-electron chi connectivity index (χ0n) is 16.0. The summed E-state index contributed by atoms with van der Waals surface area (Å²) in [5, 5.41) is 20.7. The summed E-state index contributed by atoms with van der Waals surface area (Å²) in [6, 6.07) is 4.23. The standard InChI is InChI=1S/C19H18N6O2S3/c1-9-5-6-28-16(9)14-10(7-20)17(22)25(11-3-2-4-12(26)15(11)14)18-23-24-19(30-18)29-8-13(21)27/h5-6,14H,2-4,8,22H2,1H3,(H2,21,27). The van der Waals surface area contributed by atoms with Gasteiger partial charge in [-0.1, -0.05) is 23.1 Å². The molecule has 11 heteroatoms. The minimum atomic E-state index is -0.453. The Labute approximate surface area is 185 Å². The number of thiophene rings is 1.